The Morgan fingerprint density at radius 1 is 1.60 bits per heavy atom. The number of carbonyl (C=O) groups is 1. The molecule has 1 aliphatic rings. The topological polar surface area (TPSA) is 29.1 Å². The van der Waals surface area contributed by atoms with Gasteiger partial charge < -0.3 is 5.32 Å². The van der Waals surface area contributed by atoms with Crippen molar-refractivity contribution < 1.29 is 13.6 Å². The van der Waals surface area contributed by atoms with Gasteiger partial charge in [0.25, 0.3) is 0 Å². The average molecular weight is 219 g/mol. The number of rotatable bonds is 3. The third-order valence-corrected chi connectivity index (χ3v) is 3.05. The Hall–Kier alpha value is -0.670. The van der Waals surface area contributed by atoms with E-state index in [-0.39, 0.29) is 30.7 Å². The number of carbonyl (C=O) groups excluding carboxylic acids is 1. The fourth-order valence-electron chi connectivity index (χ4n) is 1.82. The summed E-state index contributed by atoms with van der Waals surface area (Å²) in [6.07, 6.45) is 1.68. The van der Waals surface area contributed by atoms with Crippen molar-refractivity contribution >= 4 is 5.91 Å². The normalized spacial score (nSPS) is 27.1. The van der Waals surface area contributed by atoms with Crippen molar-refractivity contribution in [3.05, 3.63) is 0 Å². The summed E-state index contributed by atoms with van der Waals surface area (Å²) in [5.41, 5.74) is 0. The van der Waals surface area contributed by atoms with Crippen molar-refractivity contribution in [2.45, 2.75) is 57.9 Å². The minimum atomic E-state index is -2.59. The van der Waals surface area contributed by atoms with Crippen LogP contribution in [0, 0.1) is 5.92 Å². The fraction of sp³-hybridized carbons (Fsp3) is 0.909. The predicted octanol–water partition coefficient (Wildman–Crippen LogP) is 2.73. The van der Waals surface area contributed by atoms with Crippen LogP contribution >= 0.6 is 0 Å². The first-order chi connectivity index (χ1) is 6.94. The smallest absolute Gasteiger partial charge is 0.250 e. The lowest BCUT2D eigenvalue weighted by Crippen LogP contribution is -2.43. The first kappa shape index (κ1) is 12.4. The molecule has 1 amide bonds. The van der Waals surface area contributed by atoms with Crippen LogP contribution in [0.1, 0.15) is 46.0 Å². The van der Waals surface area contributed by atoms with Gasteiger partial charge in [0.1, 0.15) is 0 Å². The monoisotopic (exact) mass is 219 g/mol. The van der Waals surface area contributed by atoms with Gasteiger partial charge in [-0.15, -0.1) is 0 Å². The number of amides is 1. The highest BCUT2D eigenvalue weighted by atomic mass is 19.3. The Morgan fingerprint density at radius 2 is 2.27 bits per heavy atom. The zero-order valence-corrected chi connectivity index (χ0v) is 9.35. The molecule has 0 unspecified atom stereocenters. The molecule has 2 nitrogen and oxygen atoms in total. The van der Waals surface area contributed by atoms with Crippen LogP contribution < -0.4 is 5.32 Å². The third-order valence-electron chi connectivity index (χ3n) is 3.05. The van der Waals surface area contributed by atoms with E-state index in [1.54, 1.807) is 0 Å². The number of halogens is 2. The summed E-state index contributed by atoms with van der Waals surface area (Å²) in [7, 11) is 0. The molecule has 0 aliphatic heterocycles. The van der Waals surface area contributed by atoms with Gasteiger partial charge in [-0.25, -0.2) is 8.78 Å². The summed E-state index contributed by atoms with van der Waals surface area (Å²) in [6, 6.07) is -0.338. The Labute approximate surface area is 89.4 Å². The summed E-state index contributed by atoms with van der Waals surface area (Å²) >= 11 is 0. The number of alkyl halides is 2. The van der Waals surface area contributed by atoms with Crippen molar-refractivity contribution in [3.8, 4) is 0 Å². The van der Waals surface area contributed by atoms with Crippen LogP contribution in [-0.4, -0.2) is 17.9 Å². The van der Waals surface area contributed by atoms with Gasteiger partial charge in [0.15, 0.2) is 0 Å². The molecule has 15 heavy (non-hydrogen) atoms. The van der Waals surface area contributed by atoms with Crippen molar-refractivity contribution in [2.24, 2.45) is 5.92 Å². The minimum absolute atomic E-state index is 0.0390. The Morgan fingerprint density at radius 3 is 2.80 bits per heavy atom. The molecule has 2 atom stereocenters. The van der Waals surface area contributed by atoms with E-state index in [1.807, 2.05) is 13.8 Å². The third kappa shape index (κ3) is 3.76. The molecule has 0 aromatic heterocycles. The van der Waals surface area contributed by atoms with Crippen molar-refractivity contribution in [1.82, 2.24) is 5.32 Å². The molecule has 0 aromatic rings. The number of hydrogen-bond acceptors (Lipinski definition) is 1. The highest BCUT2D eigenvalue weighted by Crippen LogP contribution is 2.33. The van der Waals surface area contributed by atoms with Gasteiger partial charge in [-0.3, -0.25) is 4.79 Å². The molecule has 1 rings (SSSR count). The number of nitrogens with one attached hydrogen (secondary N) is 1. The van der Waals surface area contributed by atoms with Crippen molar-refractivity contribution in [2.75, 3.05) is 0 Å². The molecular weight excluding hydrogens is 200 g/mol. The first-order valence-corrected chi connectivity index (χ1v) is 5.63. The Bertz CT molecular complexity index is 231. The van der Waals surface area contributed by atoms with Gasteiger partial charge in [-0.2, -0.15) is 0 Å². The van der Waals surface area contributed by atoms with Gasteiger partial charge in [0.2, 0.25) is 11.8 Å². The van der Waals surface area contributed by atoms with Gasteiger partial charge in [0.05, 0.1) is 0 Å². The van der Waals surface area contributed by atoms with Crippen LogP contribution in [0.25, 0.3) is 0 Å². The lowest BCUT2D eigenvalue weighted by atomic mass is 9.91. The van der Waals surface area contributed by atoms with Crippen LogP contribution in [-0.2, 0) is 4.79 Å². The predicted molar refractivity (Wildman–Crippen MR) is 54.8 cm³/mol. The highest BCUT2D eigenvalue weighted by molar-refractivity contribution is 5.78. The van der Waals surface area contributed by atoms with Gasteiger partial charge in [0, 0.05) is 24.8 Å². The molecule has 0 spiro atoms. The molecule has 1 aliphatic carbocycles. The maximum atomic E-state index is 13.0. The molecule has 4 heteroatoms. The molecule has 0 heterocycles. The molecule has 1 saturated carbocycles. The van der Waals surface area contributed by atoms with E-state index in [1.165, 1.54) is 0 Å². The molecule has 0 aromatic carbocycles. The molecule has 0 bridgehead atoms. The number of hydrogen-bond donors (Lipinski definition) is 1. The van der Waals surface area contributed by atoms with E-state index in [9.17, 15) is 13.6 Å². The molecule has 1 N–H and O–H groups in total. The van der Waals surface area contributed by atoms with E-state index in [0.29, 0.717) is 12.8 Å². The van der Waals surface area contributed by atoms with Crippen LogP contribution in [0.2, 0.25) is 0 Å². The molecule has 0 radical (unpaired) electrons. The summed E-state index contributed by atoms with van der Waals surface area (Å²) < 4.78 is 26.1. The Kier molecular flexibility index (Phi) is 4.05. The molecular formula is C11H19F2NO. The quantitative estimate of drug-likeness (QED) is 0.777. The van der Waals surface area contributed by atoms with E-state index in [2.05, 4.69) is 5.32 Å². The second kappa shape index (κ2) is 4.90. The minimum Gasteiger partial charge on any atom is -0.353 e. The van der Waals surface area contributed by atoms with Crippen molar-refractivity contribution in [1.29, 1.82) is 0 Å². The van der Waals surface area contributed by atoms with Gasteiger partial charge >= 0.3 is 0 Å². The van der Waals surface area contributed by atoms with Crippen LogP contribution in [0.15, 0.2) is 0 Å². The molecule has 88 valence electrons. The van der Waals surface area contributed by atoms with Crippen LogP contribution in [0.5, 0.6) is 0 Å². The highest BCUT2D eigenvalue weighted by Gasteiger charge is 2.36. The van der Waals surface area contributed by atoms with Gasteiger partial charge in [-0.1, -0.05) is 13.8 Å². The van der Waals surface area contributed by atoms with Gasteiger partial charge in [-0.05, 0) is 19.3 Å². The lowest BCUT2D eigenvalue weighted by Gasteiger charge is -2.30. The second-order valence-corrected chi connectivity index (χ2v) is 4.47. The second-order valence-electron chi connectivity index (χ2n) is 4.47. The van der Waals surface area contributed by atoms with E-state index < -0.39 is 5.92 Å². The largest absolute Gasteiger partial charge is 0.353 e. The lowest BCUT2D eigenvalue weighted by molar-refractivity contribution is -0.126. The van der Waals surface area contributed by atoms with E-state index in [4.69, 9.17) is 0 Å². The van der Waals surface area contributed by atoms with E-state index in [0.717, 1.165) is 6.42 Å². The van der Waals surface area contributed by atoms with Crippen molar-refractivity contribution in [3.63, 3.8) is 0 Å². The maximum absolute atomic E-state index is 13.0. The first-order valence-electron chi connectivity index (χ1n) is 5.63. The zero-order valence-electron chi connectivity index (χ0n) is 9.35. The molecule has 1 fully saturated rings. The summed E-state index contributed by atoms with van der Waals surface area (Å²) in [5.74, 6) is -2.77. The van der Waals surface area contributed by atoms with E-state index >= 15 is 0 Å². The van der Waals surface area contributed by atoms with Crippen LogP contribution in [0.4, 0.5) is 8.78 Å². The van der Waals surface area contributed by atoms with Crippen LogP contribution in [0.3, 0.4) is 0 Å². The average Bonchev–Trinajstić information content (AvgIpc) is 2.14. The Balaban J connectivity index is 2.41. The summed E-state index contributed by atoms with van der Waals surface area (Å²) in [5, 5.41) is 2.71. The fourth-order valence-corrected chi connectivity index (χ4v) is 1.82. The maximum Gasteiger partial charge on any atom is 0.250 e. The standard InChI is InChI=1S/C11H19F2NO/c1-3-8(2)10(15)14-9-5-4-6-11(12,13)7-9/h8-9H,3-7H2,1-2H3,(H,14,15)/t8-,9+/m0/s1. The molecule has 0 saturated heterocycles. The zero-order chi connectivity index (χ0) is 11.5. The SMILES string of the molecule is CC[C@H](C)C(=O)N[C@@H]1CCCC(F)(F)C1. The summed E-state index contributed by atoms with van der Waals surface area (Å²) in [6.45, 7) is 3.73. The summed E-state index contributed by atoms with van der Waals surface area (Å²) in [4.78, 5) is 11.5.